The van der Waals surface area contributed by atoms with Crippen LogP contribution in [0, 0.1) is 0 Å². The van der Waals surface area contributed by atoms with Crippen molar-refractivity contribution in [1.29, 1.82) is 0 Å². The van der Waals surface area contributed by atoms with Gasteiger partial charge in [-0.3, -0.25) is 4.79 Å². The molecule has 1 atom stereocenters. The first-order valence-electron chi connectivity index (χ1n) is 5.06. The Morgan fingerprint density at radius 2 is 2.16 bits per heavy atom. The lowest BCUT2D eigenvalue weighted by molar-refractivity contribution is -0.00274. The number of aromatic nitrogens is 1. The third-order valence-corrected chi connectivity index (χ3v) is 3.18. The fourth-order valence-electron chi connectivity index (χ4n) is 1.29. The highest BCUT2D eigenvalue weighted by Gasteiger charge is 2.20. The van der Waals surface area contributed by atoms with E-state index in [0.29, 0.717) is 0 Å². The van der Waals surface area contributed by atoms with Crippen LogP contribution < -0.4 is 10.5 Å². The van der Waals surface area contributed by atoms with Gasteiger partial charge in [0, 0.05) is 19.8 Å². The predicted octanol–water partition coefficient (Wildman–Crippen LogP) is -0.972. The molecular formula is C9H13F2N3O4S. The third-order valence-electron chi connectivity index (χ3n) is 2.30. The van der Waals surface area contributed by atoms with Crippen LogP contribution in [0.4, 0.5) is 8.78 Å². The Hall–Kier alpha value is -1.52. The molecule has 0 aliphatic heterocycles. The molecule has 0 aromatic carbocycles. The summed E-state index contributed by atoms with van der Waals surface area (Å²) in [6, 6.07) is 1.01. The molecule has 4 N–H and O–H groups in total. The number of aliphatic hydroxyl groups is 1. The Labute approximate surface area is 108 Å². The summed E-state index contributed by atoms with van der Waals surface area (Å²) < 4.78 is 47.4. The van der Waals surface area contributed by atoms with Gasteiger partial charge in [-0.15, -0.1) is 0 Å². The minimum Gasteiger partial charge on any atom is -0.385 e. The lowest BCUT2D eigenvalue weighted by Crippen LogP contribution is -2.36. The second-order valence-electron chi connectivity index (χ2n) is 3.83. The molecule has 0 aliphatic rings. The number of nitrogens with zero attached hydrogens (tertiary/aromatic N) is 1. The largest absolute Gasteiger partial charge is 0.385 e. The maximum absolute atomic E-state index is 12.0. The van der Waals surface area contributed by atoms with E-state index < -0.39 is 35.0 Å². The number of rotatable bonds is 5. The maximum atomic E-state index is 12.0. The van der Waals surface area contributed by atoms with Crippen LogP contribution >= 0.6 is 0 Å². The number of alkyl halides is 2. The van der Waals surface area contributed by atoms with Gasteiger partial charge in [0.15, 0.2) is 0 Å². The molecule has 0 bridgehead atoms. The molecular weight excluding hydrogens is 284 g/mol. The number of aryl methyl sites for hydroxylation is 1. The molecule has 0 radical (unpaired) electrons. The molecule has 1 aromatic heterocycles. The van der Waals surface area contributed by atoms with Crippen molar-refractivity contribution in [2.75, 3.05) is 6.54 Å². The first-order chi connectivity index (χ1) is 8.62. The Kier molecular flexibility index (Phi) is 4.61. The summed E-state index contributed by atoms with van der Waals surface area (Å²) in [5, 5.41) is 15.8. The van der Waals surface area contributed by atoms with Crippen LogP contribution in [0.5, 0.6) is 0 Å². The van der Waals surface area contributed by atoms with Gasteiger partial charge in [-0.2, -0.15) is 0 Å². The molecule has 1 amide bonds. The van der Waals surface area contributed by atoms with Crippen LogP contribution in [-0.2, 0) is 17.1 Å². The van der Waals surface area contributed by atoms with Crippen LogP contribution in [0.3, 0.4) is 0 Å². The van der Waals surface area contributed by atoms with Gasteiger partial charge in [0.2, 0.25) is 10.0 Å². The van der Waals surface area contributed by atoms with E-state index in [-0.39, 0.29) is 10.6 Å². The number of primary sulfonamides is 1. The molecule has 0 fully saturated rings. The minimum absolute atomic E-state index is 0.0782. The zero-order valence-electron chi connectivity index (χ0n) is 9.88. The topological polar surface area (TPSA) is 114 Å². The lowest BCUT2D eigenvalue weighted by atomic mass is 10.3. The minimum atomic E-state index is -3.95. The molecule has 108 valence electrons. The van der Waals surface area contributed by atoms with Crippen molar-refractivity contribution in [3.05, 3.63) is 18.0 Å². The quantitative estimate of drug-likeness (QED) is 0.648. The molecule has 0 aliphatic carbocycles. The first-order valence-corrected chi connectivity index (χ1v) is 6.61. The summed E-state index contributed by atoms with van der Waals surface area (Å²) in [6.45, 7) is -0.646. The second kappa shape index (κ2) is 5.63. The number of halogens is 2. The highest BCUT2D eigenvalue weighted by molar-refractivity contribution is 7.89. The number of hydrogen-bond acceptors (Lipinski definition) is 4. The molecule has 7 nitrogen and oxygen atoms in total. The van der Waals surface area contributed by atoms with Gasteiger partial charge < -0.3 is 15.0 Å². The average Bonchev–Trinajstić information content (AvgIpc) is 2.67. The number of nitrogens with two attached hydrogens (primary N) is 1. The standard InChI is InChI=1S/C9H13F2N3O4S/c1-14-4-5(19(12,17)18)2-6(14)9(16)13-3-7(15)8(10)11/h2,4,7-8,15H,3H2,1H3,(H,13,16)(H2,12,17,18). The van der Waals surface area contributed by atoms with Gasteiger partial charge in [0.1, 0.15) is 16.7 Å². The van der Waals surface area contributed by atoms with Crippen LogP contribution in [0.25, 0.3) is 0 Å². The predicted molar refractivity (Wildman–Crippen MR) is 61.1 cm³/mol. The van der Waals surface area contributed by atoms with Crippen molar-refractivity contribution in [2.24, 2.45) is 12.2 Å². The van der Waals surface area contributed by atoms with Gasteiger partial charge >= 0.3 is 0 Å². The van der Waals surface area contributed by atoms with Gasteiger partial charge in [-0.05, 0) is 6.07 Å². The van der Waals surface area contributed by atoms with Crippen molar-refractivity contribution < 1.29 is 27.1 Å². The second-order valence-corrected chi connectivity index (χ2v) is 5.39. The zero-order chi connectivity index (χ0) is 14.8. The number of amides is 1. The Bertz CT molecular complexity index is 570. The van der Waals surface area contributed by atoms with E-state index in [1.807, 2.05) is 0 Å². The first kappa shape index (κ1) is 15.5. The van der Waals surface area contributed by atoms with Crippen molar-refractivity contribution in [1.82, 2.24) is 9.88 Å². The van der Waals surface area contributed by atoms with Crippen LogP contribution in [0.2, 0.25) is 0 Å². The lowest BCUT2D eigenvalue weighted by Gasteiger charge is -2.10. The SMILES string of the molecule is Cn1cc(S(N)(=O)=O)cc1C(=O)NCC(O)C(F)F. The number of aliphatic hydroxyl groups excluding tert-OH is 1. The van der Waals surface area contributed by atoms with Crippen LogP contribution in [0.1, 0.15) is 10.5 Å². The highest BCUT2D eigenvalue weighted by Crippen LogP contribution is 2.11. The Morgan fingerprint density at radius 3 is 2.58 bits per heavy atom. The van der Waals surface area contributed by atoms with E-state index in [9.17, 15) is 22.0 Å². The summed E-state index contributed by atoms with van der Waals surface area (Å²) in [5.41, 5.74) is -0.0782. The fourth-order valence-corrected chi connectivity index (χ4v) is 1.87. The Morgan fingerprint density at radius 1 is 1.58 bits per heavy atom. The summed E-state index contributed by atoms with van der Waals surface area (Å²) in [6.07, 6.45) is -3.84. The number of carbonyl (C=O) groups excluding carboxylic acids is 1. The van der Waals surface area contributed by atoms with Gasteiger partial charge in [-0.25, -0.2) is 22.3 Å². The van der Waals surface area contributed by atoms with E-state index in [4.69, 9.17) is 10.2 Å². The molecule has 1 aromatic rings. The summed E-state index contributed by atoms with van der Waals surface area (Å²) >= 11 is 0. The van der Waals surface area contributed by atoms with E-state index >= 15 is 0 Å². The molecule has 1 unspecified atom stereocenters. The molecule has 1 heterocycles. The van der Waals surface area contributed by atoms with Crippen molar-refractivity contribution in [3.8, 4) is 0 Å². The summed E-state index contributed by atoms with van der Waals surface area (Å²) in [4.78, 5) is 11.3. The van der Waals surface area contributed by atoms with Gasteiger partial charge in [-0.1, -0.05) is 0 Å². The third kappa shape index (κ3) is 3.98. The number of sulfonamides is 1. The van der Waals surface area contributed by atoms with Gasteiger partial charge in [0.25, 0.3) is 12.3 Å². The number of hydrogen-bond donors (Lipinski definition) is 3. The highest BCUT2D eigenvalue weighted by atomic mass is 32.2. The van der Waals surface area contributed by atoms with E-state index in [1.165, 1.54) is 11.6 Å². The number of carbonyl (C=O) groups is 1. The van der Waals surface area contributed by atoms with Crippen LogP contribution in [-0.4, -0.2) is 43.1 Å². The molecule has 0 spiro atoms. The Balaban J connectivity index is 2.81. The van der Waals surface area contributed by atoms with E-state index in [1.54, 1.807) is 0 Å². The number of nitrogens with one attached hydrogen (secondary N) is 1. The molecule has 0 saturated carbocycles. The van der Waals surface area contributed by atoms with Crippen molar-refractivity contribution >= 4 is 15.9 Å². The monoisotopic (exact) mass is 297 g/mol. The molecule has 10 heteroatoms. The van der Waals surface area contributed by atoms with E-state index in [2.05, 4.69) is 5.32 Å². The average molecular weight is 297 g/mol. The van der Waals surface area contributed by atoms with Crippen molar-refractivity contribution in [2.45, 2.75) is 17.4 Å². The van der Waals surface area contributed by atoms with Gasteiger partial charge in [0.05, 0.1) is 0 Å². The maximum Gasteiger partial charge on any atom is 0.268 e. The molecule has 0 saturated heterocycles. The summed E-state index contributed by atoms with van der Waals surface area (Å²) in [7, 11) is -2.56. The van der Waals surface area contributed by atoms with Crippen molar-refractivity contribution in [3.63, 3.8) is 0 Å². The molecule has 19 heavy (non-hydrogen) atoms. The molecule has 1 rings (SSSR count). The smallest absolute Gasteiger partial charge is 0.268 e. The zero-order valence-corrected chi connectivity index (χ0v) is 10.7. The fraction of sp³-hybridized carbons (Fsp3) is 0.444. The van der Waals surface area contributed by atoms with E-state index in [0.717, 1.165) is 12.3 Å². The summed E-state index contributed by atoms with van der Waals surface area (Å²) in [5.74, 6) is -0.794. The normalized spacial score (nSPS) is 13.6. The van der Waals surface area contributed by atoms with Crippen LogP contribution in [0.15, 0.2) is 17.2 Å².